The maximum atomic E-state index is 7.39. The van der Waals surface area contributed by atoms with Crippen molar-refractivity contribution in [3.05, 3.63) is 28.8 Å². The van der Waals surface area contributed by atoms with E-state index in [1.807, 2.05) is 0 Å². The SMILES string of the molecule is N=C(N)c1ccc(Cl)cc1OC1COC1. The molecule has 0 atom stereocenters. The van der Waals surface area contributed by atoms with Gasteiger partial charge in [-0.05, 0) is 18.2 Å². The molecule has 1 aliphatic rings. The Hall–Kier alpha value is -1.26. The van der Waals surface area contributed by atoms with Crippen molar-refractivity contribution in [1.82, 2.24) is 0 Å². The fourth-order valence-corrected chi connectivity index (χ4v) is 1.44. The maximum absolute atomic E-state index is 7.39. The zero-order valence-electron chi connectivity index (χ0n) is 8.00. The molecule has 0 unspecified atom stereocenters. The largest absolute Gasteiger partial charge is 0.485 e. The summed E-state index contributed by atoms with van der Waals surface area (Å²) in [7, 11) is 0. The summed E-state index contributed by atoms with van der Waals surface area (Å²) in [5.41, 5.74) is 5.99. The van der Waals surface area contributed by atoms with E-state index in [0.717, 1.165) is 0 Å². The molecule has 1 aromatic rings. The fourth-order valence-electron chi connectivity index (χ4n) is 1.28. The van der Waals surface area contributed by atoms with Crippen molar-refractivity contribution in [1.29, 1.82) is 5.41 Å². The standard InChI is InChI=1S/C10H11ClN2O2/c11-6-1-2-8(10(12)13)9(3-6)15-7-4-14-5-7/h1-3,7H,4-5H2,(H3,12,13). The summed E-state index contributed by atoms with van der Waals surface area (Å²) >= 11 is 5.84. The minimum atomic E-state index is -0.0260. The lowest BCUT2D eigenvalue weighted by Crippen LogP contribution is -2.39. The second-order valence-electron chi connectivity index (χ2n) is 3.33. The van der Waals surface area contributed by atoms with Gasteiger partial charge in [-0.2, -0.15) is 0 Å². The number of benzene rings is 1. The average molecular weight is 227 g/mol. The van der Waals surface area contributed by atoms with E-state index in [1.165, 1.54) is 0 Å². The highest BCUT2D eigenvalue weighted by atomic mass is 35.5. The zero-order valence-corrected chi connectivity index (χ0v) is 8.75. The number of nitrogens with two attached hydrogens (primary N) is 1. The van der Waals surface area contributed by atoms with Gasteiger partial charge >= 0.3 is 0 Å². The highest BCUT2D eigenvalue weighted by Gasteiger charge is 2.21. The van der Waals surface area contributed by atoms with E-state index in [9.17, 15) is 0 Å². The molecule has 0 radical (unpaired) electrons. The van der Waals surface area contributed by atoms with Crippen LogP contribution in [-0.4, -0.2) is 25.2 Å². The Morgan fingerprint density at radius 2 is 2.27 bits per heavy atom. The second kappa shape index (κ2) is 4.08. The van der Waals surface area contributed by atoms with Crippen LogP contribution in [0, 0.1) is 5.41 Å². The van der Waals surface area contributed by atoms with E-state index in [0.29, 0.717) is 29.5 Å². The minimum Gasteiger partial charge on any atom is -0.485 e. The molecule has 0 aromatic heterocycles. The molecule has 1 aliphatic heterocycles. The van der Waals surface area contributed by atoms with Crippen LogP contribution < -0.4 is 10.5 Å². The van der Waals surface area contributed by atoms with Gasteiger partial charge in [0.2, 0.25) is 0 Å². The van der Waals surface area contributed by atoms with E-state index in [1.54, 1.807) is 18.2 Å². The molecule has 1 heterocycles. The van der Waals surface area contributed by atoms with Gasteiger partial charge in [-0.15, -0.1) is 0 Å². The number of nitrogens with one attached hydrogen (secondary N) is 1. The quantitative estimate of drug-likeness (QED) is 0.605. The molecule has 1 aromatic carbocycles. The molecule has 0 aliphatic carbocycles. The maximum Gasteiger partial charge on any atom is 0.145 e. The van der Waals surface area contributed by atoms with Crippen molar-refractivity contribution in [3.8, 4) is 5.75 Å². The second-order valence-corrected chi connectivity index (χ2v) is 3.77. The highest BCUT2D eigenvalue weighted by Crippen LogP contribution is 2.25. The first-order valence-electron chi connectivity index (χ1n) is 4.55. The molecule has 0 bridgehead atoms. The summed E-state index contributed by atoms with van der Waals surface area (Å²) in [5, 5.41) is 7.95. The molecule has 0 saturated carbocycles. The van der Waals surface area contributed by atoms with Gasteiger partial charge in [-0.25, -0.2) is 0 Å². The summed E-state index contributed by atoms with van der Waals surface area (Å²) in [5.74, 6) is 0.519. The Labute approximate surface area is 92.4 Å². The molecule has 0 spiro atoms. The third kappa shape index (κ3) is 2.22. The molecule has 5 heteroatoms. The van der Waals surface area contributed by atoms with E-state index in [4.69, 9.17) is 32.2 Å². The number of rotatable bonds is 3. The number of amidine groups is 1. The molecule has 0 amide bonds. The highest BCUT2D eigenvalue weighted by molar-refractivity contribution is 6.30. The number of hydrogen-bond donors (Lipinski definition) is 2. The van der Waals surface area contributed by atoms with Gasteiger partial charge in [0.05, 0.1) is 18.8 Å². The monoisotopic (exact) mass is 226 g/mol. The van der Waals surface area contributed by atoms with Crippen LogP contribution in [0.4, 0.5) is 0 Å². The summed E-state index contributed by atoms with van der Waals surface area (Å²) in [6, 6.07) is 5.03. The number of hydrogen-bond acceptors (Lipinski definition) is 3. The van der Waals surface area contributed by atoms with Gasteiger partial charge in [0.15, 0.2) is 0 Å². The van der Waals surface area contributed by atoms with Gasteiger partial charge < -0.3 is 15.2 Å². The van der Waals surface area contributed by atoms with Crippen LogP contribution in [0.3, 0.4) is 0 Å². The summed E-state index contributed by atoms with van der Waals surface area (Å²) in [4.78, 5) is 0. The van der Waals surface area contributed by atoms with Gasteiger partial charge in [0.25, 0.3) is 0 Å². The van der Waals surface area contributed by atoms with Gasteiger partial charge in [0, 0.05) is 5.02 Å². The molecular weight excluding hydrogens is 216 g/mol. The lowest BCUT2D eigenvalue weighted by atomic mass is 10.2. The number of ether oxygens (including phenoxy) is 2. The van der Waals surface area contributed by atoms with Crippen molar-refractivity contribution >= 4 is 17.4 Å². The lowest BCUT2D eigenvalue weighted by molar-refractivity contribution is -0.0797. The van der Waals surface area contributed by atoms with Crippen LogP contribution in [0.25, 0.3) is 0 Å². The molecule has 1 fully saturated rings. The first-order chi connectivity index (χ1) is 7.16. The Bertz CT molecular complexity index is 391. The van der Waals surface area contributed by atoms with Gasteiger partial charge in [0.1, 0.15) is 17.7 Å². The molecule has 80 valence electrons. The van der Waals surface area contributed by atoms with Gasteiger partial charge in [-0.1, -0.05) is 11.6 Å². The van der Waals surface area contributed by atoms with E-state index in [2.05, 4.69) is 0 Å². The van der Waals surface area contributed by atoms with Gasteiger partial charge in [-0.3, -0.25) is 5.41 Å². The van der Waals surface area contributed by atoms with Crippen LogP contribution in [-0.2, 0) is 4.74 Å². The smallest absolute Gasteiger partial charge is 0.145 e. The predicted octanol–water partition coefficient (Wildman–Crippen LogP) is 1.40. The molecule has 1 saturated heterocycles. The topological polar surface area (TPSA) is 68.3 Å². The van der Waals surface area contributed by atoms with Crippen molar-refractivity contribution in [2.24, 2.45) is 5.73 Å². The van der Waals surface area contributed by atoms with E-state index < -0.39 is 0 Å². The lowest BCUT2D eigenvalue weighted by Gasteiger charge is -2.27. The first-order valence-corrected chi connectivity index (χ1v) is 4.93. The normalized spacial score (nSPS) is 15.8. The fraction of sp³-hybridized carbons (Fsp3) is 0.300. The Balaban J connectivity index is 2.24. The Morgan fingerprint density at radius 3 is 2.80 bits per heavy atom. The van der Waals surface area contributed by atoms with Crippen LogP contribution in [0.5, 0.6) is 5.75 Å². The van der Waals surface area contributed by atoms with E-state index in [-0.39, 0.29) is 11.9 Å². The summed E-state index contributed by atoms with van der Waals surface area (Å²) in [6.45, 7) is 1.15. The molecule has 15 heavy (non-hydrogen) atoms. The molecule has 3 N–H and O–H groups in total. The third-order valence-electron chi connectivity index (χ3n) is 2.13. The predicted molar refractivity (Wildman–Crippen MR) is 57.7 cm³/mol. The van der Waals surface area contributed by atoms with Crippen molar-refractivity contribution in [2.45, 2.75) is 6.10 Å². The number of nitrogen functional groups attached to an aromatic ring is 1. The minimum absolute atomic E-state index is 0.0260. The van der Waals surface area contributed by atoms with Crippen LogP contribution in [0.2, 0.25) is 5.02 Å². The molecule has 2 rings (SSSR count). The van der Waals surface area contributed by atoms with Crippen molar-refractivity contribution in [2.75, 3.05) is 13.2 Å². The number of halogens is 1. The summed E-state index contributed by atoms with van der Waals surface area (Å²) in [6.07, 6.45) is 0.0431. The Morgan fingerprint density at radius 1 is 1.53 bits per heavy atom. The van der Waals surface area contributed by atoms with Crippen LogP contribution in [0.1, 0.15) is 5.56 Å². The van der Waals surface area contributed by atoms with Crippen molar-refractivity contribution < 1.29 is 9.47 Å². The Kier molecular flexibility index (Phi) is 2.79. The van der Waals surface area contributed by atoms with Crippen LogP contribution >= 0.6 is 11.6 Å². The molecule has 4 nitrogen and oxygen atoms in total. The average Bonchev–Trinajstić information content (AvgIpc) is 2.11. The first kappa shape index (κ1) is 10.3. The molecular formula is C10H11ClN2O2. The van der Waals surface area contributed by atoms with E-state index >= 15 is 0 Å². The third-order valence-corrected chi connectivity index (χ3v) is 2.37. The van der Waals surface area contributed by atoms with Crippen molar-refractivity contribution in [3.63, 3.8) is 0 Å². The van der Waals surface area contributed by atoms with Crippen LogP contribution in [0.15, 0.2) is 18.2 Å². The zero-order chi connectivity index (χ0) is 10.8. The summed E-state index contributed by atoms with van der Waals surface area (Å²) < 4.78 is 10.6.